The fraction of sp³-hybridized carbons (Fsp3) is 0.562. The Labute approximate surface area is 130 Å². The van der Waals surface area contributed by atoms with Crippen molar-refractivity contribution in [3.05, 3.63) is 35.7 Å². The molecule has 0 atom stereocenters. The summed E-state index contributed by atoms with van der Waals surface area (Å²) in [6.45, 7) is 5.45. The van der Waals surface area contributed by atoms with Crippen LogP contribution in [0.5, 0.6) is 0 Å². The largest absolute Gasteiger partial charge is 0.350 e. The lowest BCUT2D eigenvalue weighted by atomic mass is 9.92. The van der Waals surface area contributed by atoms with Crippen LogP contribution in [0, 0.1) is 6.92 Å². The molecule has 3 rings (SSSR count). The van der Waals surface area contributed by atoms with E-state index in [1.54, 1.807) is 10.7 Å². The third kappa shape index (κ3) is 2.91. The van der Waals surface area contributed by atoms with Crippen molar-refractivity contribution >= 4 is 5.91 Å². The number of hydrogen-bond acceptors (Lipinski definition) is 3. The molecule has 0 bridgehead atoms. The van der Waals surface area contributed by atoms with E-state index in [2.05, 4.69) is 26.9 Å². The number of nitrogens with one attached hydrogen (secondary N) is 1. The smallest absolute Gasteiger partial charge is 0.271 e. The Balaban J connectivity index is 1.56. The van der Waals surface area contributed by atoms with Gasteiger partial charge >= 0.3 is 0 Å². The second-order valence-electron chi connectivity index (χ2n) is 5.83. The van der Waals surface area contributed by atoms with E-state index < -0.39 is 0 Å². The van der Waals surface area contributed by atoms with E-state index in [1.807, 2.05) is 19.3 Å². The maximum atomic E-state index is 12.0. The van der Waals surface area contributed by atoms with Crippen LogP contribution in [-0.4, -0.2) is 31.8 Å². The zero-order chi connectivity index (χ0) is 15.5. The molecule has 22 heavy (non-hydrogen) atoms. The van der Waals surface area contributed by atoms with Crippen LogP contribution in [0.1, 0.15) is 54.2 Å². The Morgan fingerprint density at radius 2 is 2.27 bits per heavy atom. The molecular weight excluding hydrogens is 278 g/mol. The predicted octanol–water partition coefficient (Wildman–Crippen LogP) is 2.11. The molecule has 2 heterocycles. The lowest BCUT2D eigenvalue weighted by Gasteiger charge is -2.29. The molecule has 0 aliphatic heterocycles. The highest BCUT2D eigenvalue weighted by molar-refractivity contribution is 5.92. The average Bonchev–Trinajstić information content (AvgIpc) is 3.06. The van der Waals surface area contributed by atoms with Gasteiger partial charge in [0.05, 0.1) is 0 Å². The molecule has 1 aliphatic carbocycles. The van der Waals surface area contributed by atoms with Crippen LogP contribution in [0.15, 0.2) is 18.5 Å². The predicted molar refractivity (Wildman–Crippen MR) is 83.8 cm³/mol. The topological polar surface area (TPSA) is 64.7 Å². The monoisotopic (exact) mass is 301 g/mol. The summed E-state index contributed by atoms with van der Waals surface area (Å²) < 4.78 is 4.09. The van der Waals surface area contributed by atoms with Gasteiger partial charge in [0.2, 0.25) is 0 Å². The SMILES string of the molecule is CCn1ccc(C(=O)NCCc2ncc(C)n2C2CCC2)n1. The number of imidazole rings is 1. The molecule has 1 fully saturated rings. The Kier molecular flexibility index (Phi) is 4.27. The third-order valence-corrected chi connectivity index (χ3v) is 4.33. The Hall–Kier alpha value is -2.11. The number of rotatable bonds is 6. The number of aromatic nitrogens is 4. The van der Waals surface area contributed by atoms with E-state index in [0.717, 1.165) is 18.8 Å². The highest BCUT2D eigenvalue weighted by atomic mass is 16.1. The van der Waals surface area contributed by atoms with E-state index in [4.69, 9.17) is 0 Å². The van der Waals surface area contributed by atoms with Gasteiger partial charge in [-0.25, -0.2) is 4.98 Å². The van der Waals surface area contributed by atoms with Crippen LogP contribution in [0.2, 0.25) is 0 Å². The van der Waals surface area contributed by atoms with Gasteiger partial charge in [0.1, 0.15) is 11.5 Å². The Bertz CT molecular complexity index is 653. The summed E-state index contributed by atoms with van der Waals surface area (Å²) in [5.74, 6) is 0.951. The quantitative estimate of drug-likeness (QED) is 0.888. The minimum Gasteiger partial charge on any atom is -0.350 e. The van der Waals surface area contributed by atoms with E-state index in [9.17, 15) is 4.79 Å². The van der Waals surface area contributed by atoms with Crippen molar-refractivity contribution in [2.45, 2.75) is 52.1 Å². The molecule has 0 unspecified atom stereocenters. The standard InChI is InChI=1S/C16H23N5O/c1-3-20-10-8-14(19-20)16(22)17-9-7-15-18-11-12(2)21(15)13-5-4-6-13/h8,10-11,13H,3-7,9H2,1-2H3,(H,17,22). The van der Waals surface area contributed by atoms with Crippen LogP contribution in [0.4, 0.5) is 0 Å². The molecule has 0 radical (unpaired) electrons. The van der Waals surface area contributed by atoms with Gasteiger partial charge in [-0.2, -0.15) is 5.10 Å². The molecule has 1 N–H and O–H groups in total. The minimum absolute atomic E-state index is 0.120. The summed E-state index contributed by atoms with van der Waals surface area (Å²) in [5.41, 5.74) is 1.69. The molecule has 0 aromatic carbocycles. The molecular formula is C16H23N5O. The number of carbonyl (C=O) groups is 1. The third-order valence-electron chi connectivity index (χ3n) is 4.33. The van der Waals surface area contributed by atoms with Crippen molar-refractivity contribution in [1.82, 2.24) is 24.6 Å². The molecule has 2 aromatic rings. The second-order valence-corrected chi connectivity index (χ2v) is 5.83. The first-order valence-electron chi connectivity index (χ1n) is 8.03. The van der Waals surface area contributed by atoms with Gasteiger partial charge in [-0.05, 0) is 39.2 Å². The average molecular weight is 301 g/mol. The van der Waals surface area contributed by atoms with E-state index in [-0.39, 0.29) is 5.91 Å². The van der Waals surface area contributed by atoms with Crippen molar-refractivity contribution in [1.29, 1.82) is 0 Å². The van der Waals surface area contributed by atoms with Crippen LogP contribution >= 0.6 is 0 Å². The normalized spacial score (nSPS) is 14.8. The number of carbonyl (C=O) groups excluding carboxylic acids is 1. The first kappa shape index (κ1) is 14.8. The van der Waals surface area contributed by atoms with Gasteiger partial charge in [-0.15, -0.1) is 0 Å². The number of hydrogen-bond donors (Lipinski definition) is 1. The van der Waals surface area contributed by atoms with Gasteiger partial charge in [0.25, 0.3) is 5.91 Å². The zero-order valence-corrected chi connectivity index (χ0v) is 13.2. The maximum absolute atomic E-state index is 12.0. The summed E-state index contributed by atoms with van der Waals surface area (Å²) >= 11 is 0. The lowest BCUT2D eigenvalue weighted by Crippen LogP contribution is -2.28. The molecule has 1 saturated carbocycles. The first-order chi connectivity index (χ1) is 10.7. The van der Waals surface area contributed by atoms with E-state index >= 15 is 0 Å². The first-order valence-corrected chi connectivity index (χ1v) is 8.03. The Morgan fingerprint density at radius 3 is 2.91 bits per heavy atom. The van der Waals surface area contributed by atoms with Gasteiger partial charge in [0, 0.05) is 43.6 Å². The lowest BCUT2D eigenvalue weighted by molar-refractivity contribution is 0.0948. The summed E-state index contributed by atoms with van der Waals surface area (Å²) in [7, 11) is 0. The minimum atomic E-state index is -0.120. The second kappa shape index (κ2) is 6.34. The fourth-order valence-corrected chi connectivity index (χ4v) is 2.86. The highest BCUT2D eigenvalue weighted by Gasteiger charge is 2.23. The molecule has 1 amide bonds. The van der Waals surface area contributed by atoms with Gasteiger partial charge in [-0.3, -0.25) is 9.48 Å². The summed E-state index contributed by atoms with van der Waals surface area (Å²) in [6, 6.07) is 2.35. The summed E-state index contributed by atoms with van der Waals surface area (Å²) in [6.07, 6.45) is 8.29. The van der Waals surface area contributed by atoms with Crippen molar-refractivity contribution in [2.75, 3.05) is 6.54 Å². The maximum Gasteiger partial charge on any atom is 0.271 e. The number of nitrogens with zero attached hydrogens (tertiary/aromatic N) is 4. The molecule has 118 valence electrons. The van der Waals surface area contributed by atoms with Crippen molar-refractivity contribution in [3.63, 3.8) is 0 Å². The fourth-order valence-electron chi connectivity index (χ4n) is 2.86. The summed E-state index contributed by atoms with van der Waals surface area (Å²) in [5, 5.41) is 7.14. The van der Waals surface area contributed by atoms with Gasteiger partial charge in [0.15, 0.2) is 0 Å². The van der Waals surface area contributed by atoms with Gasteiger partial charge < -0.3 is 9.88 Å². The number of aryl methyl sites for hydroxylation is 2. The van der Waals surface area contributed by atoms with Crippen molar-refractivity contribution < 1.29 is 4.79 Å². The van der Waals surface area contributed by atoms with Crippen molar-refractivity contribution in [2.24, 2.45) is 0 Å². The molecule has 6 nitrogen and oxygen atoms in total. The molecule has 6 heteroatoms. The van der Waals surface area contributed by atoms with Crippen molar-refractivity contribution in [3.8, 4) is 0 Å². The van der Waals surface area contributed by atoms with E-state index in [0.29, 0.717) is 18.3 Å². The van der Waals surface area contributed by atoms with E-state index in [1.165, 1.54) is 25.0 Å². The van der Waals surface area contributed by atoms with Crippen LogP contribution in [0.3, 0.4) is 0 Å². The molecule has 1 aliphatic rings. The molecule has 0 spiro atoms. The van der Waals surface area contributed by atoms with Crippen LogP contribution in [0.25, 0.3) is 0 Å². The zero-order valence-electron chi connectivity index (χ0n) is 13.2. The Morgan fingerprint density at radius 1 is 1.45 bits per heavy atom. The van der Waals surface area contributed by atoms with Crippen LogP contribution in [-0.2, 0) is 13.0 Å². The summed E-state index contributed by atoms with van der Waals surface area (Å²) in [4.78, 5) is 16.5. The highest BCUT2D eigenvalue weighted by Crippen LogP contribution is 2.33. The van der Waals surface area contributed by atoms with Crippen LogP contribution < -0.4 is 5.32 Å². The number of amides is 1. The molecule has 2 aromatic heterocycles. The molecule has 0 saturated heterocycles. The van der Waals surface area contributed by atoms with Gasteiger partial charge in [-0.1, -0.05) is 0 Å².